The molecule has 0 spiro atoms. The van der Waals surface area contributed by atoms with Crippen LogP contribution in [0.15, 0.2) is 6.20 Å². The number of nitrogens with two attached hydrogens (primary N) is 2. The summed E-state index contributed by atoms with van der Waals surface area (Å²) in [6, 6.07) is 0. The highest BCUT2D eigenvalue weighted by Crippen LogP contribution is 2.36. The van der Waals surface area contributed by atoms with Gasteiger partial charge in [-0.2, -0.15) is 0 Å². The summed E-state index contributed by atoms with van der Waals surface area (Å²) >= 11 is 0. The van der Waals surface area contributed by atoms with E-state index in [0.717, 1.165) is 11.0 Å². The summed E-state index contributed by atoms with van der Waals surface area (Å²) in [6.07, 6.45) is 1.67. The number of aromatic nitrogens is 1. The first-order chi connectivity index (χ1) is 8.16. The molecule has 0 amide bonds. The predicted octanol–water partition coefficient (Wildman–Crippen LogP) is 0.854. The number of nitrogens with zero attached hydrogens (tertiary/aromatic N) is 1. The lowest BCUT2D eigenvalue weighted by molar-refractivity contribution is 0.00578. The third kappa shape index (κ3) is 1.85. The molecule has 0 unspecified atom stereocenters. The van der Waals surface area contributed by atoms with E-state index in [1.165, 1.54) is 0 Å². The van der Waals surface area contributed by atoms with Crippen LogP contribution >= 0.6 is 0 Å². The van der Waals surface area contributed by atoms with Gasteiger partial charge in [-0.3, -0.25) is 0 Å². The molecule has 0 aromatic carbocycles. The van der Waals surface area contributed by atoms with Crippen LogP contribution in [0.5, 0.6) is 0 Å². The van der Waals surface area contributed by atoms with Crippen molar-refractivity contribution in [2.24, 2.45) is 0 Å². The van der Waals surface area contributed by atoms with Crippen molar-refractivity contribution in [3.63, 3.8) is 0 Å². The van der Waals surface area contributed by atoms with E-state index in [4.69, 9.17) is 20.8 Å². The van der Waals surface area contributed by atoms with E-state index in [-0.39, 0.29) is 11.2 Å². The number of hydrogen-bond donors (Lipinski definition) is 2. The summed E-state index contributed by atoms with van der Waals surface area (Å²) in [5, 5.41) is 0. The molecule has 0 bridgehead atoms. The molecule has 2 rings (SSSR count). The number of rotatable bonds is 1. The van der Waals surface area contributed by atoms with Crippen LogP contribution in [0.1, 0.15) is 33.3 Å². The van der Waals surface area contributed by atoms with Crippen LogP contribution in [0.2, 0.25) is 0 Å². The number of pyridine rings is 1. The van der Waals surface area contributed by atoms with Crippen LogP contribution in [-0.2, 0) is 9.31 Å². The molecule has 18 heavy (non-hydrogen) atoms. The Labute approximate surface area is 108 Å². The normalized spacial score (nSPS) is 21.3. The molecule has 1 aromatic heterocycles. The van der Waals surface area contributed by atoms with E-state index in [9.17, 15) is 0 Å². The van der Waals surface area contributed by atoms with Gasteiger partial charge in [-0.05, 0) is 40.2 Å². The Bertz CT molecular complexity index is 472. The lowest BCUT2D eigenvalue weighted by atomic mass is 9.77. The minimum Gasteiger partial charge on any atom is -0.399 e. The lowest BCUT2D eigenvalue weighted by Gasteiger charge is -2.32. The SMILES string of the molecule is Cc1c(B2OC(C)(C)C(C)(C)O2)cnc(N)c1N. The van der Waals surface area contributed by atoms with Crippen molar-refractivity contribution in [2.75, 3.05) is 11.5 Å². The Morgan fingerprint density at radius 3 is 2.11 bits per heavy atom. The van der Waals surface area contributed by atoms with Gasteiger partial charge in [-0.1, -0.05) is 0 Å². The maximum Gasteiger partial charge on any atom is 0.496 e. The Morgan fingerprint density at radius 1 is 1.11 bits per heavy atom. The van der Waals surface area contributed by atoms with Gasteiger partial charge in [0, 0.05) is 11.7 Å². The number of anilines is 2. The van der Waals surface area contributed by atoms with Gasteiger partial charge in [0.15, 0.2) is 0 Å². The topological polar surface area (TPSA) is 83.4 Å². The summed E-state index contributed by atoms with van der Waals surface area (Å²) in [5.41, 5.74) is 13.0. The van der Waals surface area contributed by atoms with Gasteiger partial charge in [-0.15, -0.1) is 0 Å². The van der Waals surface area contributed by atoms with Crippen molar-refractivity contribution in [3.05, 3.63) is 11.8 Å². The van der Waals surface area contributed by atoms with Crippen LogP contribution < -0.4 is 16.9 Å². The first-order valence-electron chi connectivity index (χ1n) is 6.02. The summed E-state index contributed by atoms with van der Waals surface area (Å²) in [6.45, 7) is 9.94. The van der Waals surface area contributed by atoms with Gasteiger partial charge in [-0.25, -0.2) is 4.98 Å². The first kappa shape index (κ1) is 13.2. The molecule has 5 nitrogen and oxygen atoms in total. The molecule has 0 aliphatic carbocycles. The van der Waals surface area contributed by atoms with E-state index in [1.54, 1.807) is 6.20 Å². The van der Waals surface area contributed by atoms with E-state index in [0.29, 0.717) is 11.5 Å². The van der Waals surface area contributed by atoms with Crippen LogP contribution in [-0.4, -0.2) is 23.3 Å². The van der Waals surface area contributed by atoms with Crippen molar-refractivity contribution in [1.29, 1.82) is 0 Å². The van der Waals surface area contributed by atoms with Gasteiger partial charge < -0.3 is 20.8 Å². The molecule has 1 aromatic rings. The van der Waals surface area contributed by atoms with Crippen LogP contribution in [0.25, 0.3) is 0 Å². The summed E-state index contributed by atoms with van der Waals surface area (Å²) in [5.74, 6) is 0.341. The van der Waals surface area contributed by atoms with Gasteiger partial charge in [0.1, 0.15) is 5.82 Å². The molecule has 98 valence electrons. The summed E-state index contributed by atoms with van der Waals surface area (Å²) in [7, 11) is -0.453. The minimum atomic E-state index is -0.453. The second-order valence-electron chi connectivity index (χ2n) is 5.73. The number of nitrogen functional groups attached to an aromatic ring is 2. The zero-order chi connectivity index (χ0) is 13.7. The fraction of sp³-hybridized carbons (Fsp3) is 0.583. The van der Waals surface area contributed by atoms with Gasteiger partial charge >= 0.3 is 7.12 Å². The fourth-order valence-corrected chi connectivity index (χ4v) is 1.86. The molecular formula is C12H20BN3O2. The van der Waals surface area contributed by atoms with Gasteiger partial charge in [0.05, 0.1) is 16.9 Å². The van der Waals surface area contributed by atoms with Crippen molar-refractivity contribution < 1.29 is 9.31 Å². The average molecular weight is 249 g/mol. The molecular weight excluding hydrogens is 229 g/mol. The largest absolute Gasteiger partial charge is 0.496 e. The highest BCUT2D eigenvalue weighted by Gasteiger charge is 2.52. The van der Waals surface area contributed by atoms with Crippen LogP contribution in [0, 0.1) is 6.92 Å². The lowest BCUT2D eigenvalue weighted by Crippen LogP contribution is -2.41. The minimum absolute atomic E-state index is 0.341. The molecule has 1 saturated heterocycles. The van der Waals surface area contributed by atoms with E-state index < -0.39 is 7.12 Å². The Kier molecular flexibility index (Phi) is 2.83. The molecule has 1 aliphatic heterocycles. The molecule has 2 heterocycles. The second kappa shape index (κ2) is 3.86. The standard InChI is InChI=1S/C12H20BN3O2/c1-7-8(6-16-10(15)9(7)14)13-17-11(2,3)12(4,5)18-13/h6H,14H2,1-5H3,(H2,15,16). The molecule has 1 fully saturated rings. The highest BCUT2D eigenvalue weighted by atomic mass is 16.7. The van der Waals surface area contributed by atoms with Crippen molar-refractivity contribution in [1.82, 2.24) is 4.98 Å². The fourth-order valence-electron chi connectivity index (χ4n) is 1.86. The molecule has 6 heteroatoms. The van der Waals surface area contributed by atoms with E-state index in [1.807, 2.05) is 34.6 Å². The average Bonchev–Trinajstić information content (AvgIpc) is 2.45. The van der Waals surface area contributed by atoms with Gasteiger partial charge in [0.2, 0.25) is 0 Å². The van der Waals surface area contributed by atoms with Crippen molar-refractivity contribution in [3.8, 4) is 0 Å². The highest BCUT2D eigenvalue weighted by molar-refractivity contribution is 6.62. The molecule has 0 atom stereocenters. The van der Waals surface area contributed by atoms with E-state index >= 15 is 0 Å². The van der Waals surface area contributed by atoms with Gasteiger partial charge in [0.25, 0.3) is 0 Å². The molecule has 1 aliphatic rings. The Hall–Kier alpha value is -1.27. The zero-order valence-corrected chi connectivity index (χ0v) is 11.6. The molecule has 4 N–H and O–H groups in total. The summed E-state index contributed by atoms with van der Waals surface area (Å²) < 4.78 is 11.9. The molecule has 0 saturated carbocycles. The molecule has 0 radical (unpaired) electrons. The Balaban J connectivity index is 2.39. The zero-order valence-electron chi connectivity index (χ0n) is 11.6. The Morgan fingerprint density at radius 2 is 1.61 bits per heavy atom. The number of hydrogen-bond acceptors (Lipinski definition) is 5. The second-order valence-corrected chi connectivity index (χ2v) is 5.73. The maximum atomic E-state index is 5.97. The maximum absolute atomic E-state index is 5.97. The van der Waals surface area contributed by atoms with Crippen molar-refractivity contribution in [2.45, 2.75) is 45.8 Å². The van der Waals surface area contributed by atoms with E-state index in [2.05, 4.69) is 4.98 Å². The monoisotopic (exact) mass is 249 g/mol. The predicted molar refractivity (Wildman–Crippen MR) is 73.5 cm³/mol. The van der Waals surface area contributed by atoms with Crippen molar-refractivity contribution >= 4 is 24.1 Å². The third-order valence-electron chi connectivity index (χ3n) is 3.96. The third-order valence-corrected chi connectivity index (χ3v) is 3.96. The van der Waals surface area contributed by atoms with Crippen LogP contribution in [0.3, 0.4) is 0 Å². The van der Waals surface area contributed by atoms with Crippen LogP contribution in [0.4, 0.5) is 11.5 Å². The summed E-state index contributed by atoms with van der Waals surface area (Å²) in [4.78, 5) is 4.07. The smallest absolute Gasteiger partial charge is 0.399 e. The quantitative estimate of drug-likeness (QED) is 0.721. The first-order valence-corrected chi connectivity index (χ1v) is 6.02.